The van der Waals surface area contributed by atoms with Crippen LogP contribution in [0.15, 0.2) is 52.1 Å². The van der Waals surface area contributed by atoms with E-state index in [0.29, 0.717) is 5.39 Å². The smallest absolute Gasteiger partial charge is 0.157 e. The summed E-state index contributed by atoms with van der Waals surface area (Å²) in [7, 11) is 0. The number of nitroso groups, excluding NO2 is 1. The van der Waals surface area contributed by atoms with Gasteiger partial charge in [0, 0.05) is 9.86 Å². The van der Waals surface area contributed by atoms with E-state index in [2.05, 4.69) is 21.1 Å². The van der Waals surface area contributed by atoms with Gasteiger partial charge in [0.25, 0.3) is 0 Å². The van der Waals surface area contributed by atoms with Gasteiger partial charge < -0.3 is 5.11 Å². The molecule has 1 N–H and O–H groups in total. The SMILES string of the molecule is O=Nc1c(O)ccc2c1ccc1ccc(Br)cc12. The van der Waals surface area contributed by atoms with Crippen LogP contribution in [0.25, 0.3) is 21.5 Å². The number of phenols is 1. The molecule has 0 fully saturated rings. The molecule has 0 aliphatic carbocycles. The zero-order valence-corrected chi connectivity index (χ0v) is 10.8. The van der Waals surface area contributed by atoms with Crippen LogP contribution in [0.4, 0.5) is 5.69 Å². The van der Waals surface area contributed by atoms with Crippen LogP contribution in [0.2, 0.25) is 0 Å². The van der Waals surface area contributed by atoms with Crippen LogP contribution < -0.4 is 0 Å². The fraction of sp³-hybridized carbons (Fsp3) is 0. The molecule has 0 radical (unpaired) electrons. The molecule has 88 valence electrons. The van der Waals surface area contributed by atoms with E-state index >= 15 is 0 Å². The van der Waals surface area contributed by atoms with E-state index in [1.165, 1.54) is 6.07 Å². The van der Waals surface area contributed by atoms with Crippen molar-refractivity contribution >= 4 is 43.2 Å². The fourth-order valence-corrected chi connectivity index (χ4v) is 2.54. The van der Waals surface area contributed by atoms with Gasteiger partial charge in [-0.1, -0.05) is 34.1 Å². The van der Waals surface area contributed by atoms with Gasteiger partial charge in [-0.25, -0.2) is 0 Å². The van der Waals surface area contributed by atoms with Gasteiger partial charge in [-0.2, -0.15) is 0 Å². The summed E-state index contributed by atoms with van der Waals surface area (Å²) >= 11 is 3.43. The van der Waals surface area contributed by atoms with Gasteiger partial charge in [-0.05, 0) is 45.6 Å². The van der Waals surface area contributed by atoms with Crippen molar-refractivity contribution in [1.29, 1.82) is 0 Å². The van der Waals surface area contributed by atoms with Crippen LogP contribution in [0.3, 0.4) is 0 Å². The Hall–Kier alpha value is -1.94. The number of aromatic hydroxyl groups is 1. The normalized spacial score (nSPS) is 10.9. The molecular formula is C14H8BrNO2. The Morgan fingerprint density at radius 1 is 0.944 bits per heavy atom. The van der Waals surface area contributed by atoms with Gasteiger partial charge in [0.15, 0.2) is 5.69 Å². The summed E-state index contributed by atoms with van der Waals surface area (Å²) in [5.41, 5.74) is 0.0920. The monoisotopic (exact) mass is 301 g/mol. The summed E-state index contributed by atoms with van der Waals surface area (Å²) in [5.74, 6) is -0.0909. The Labute approximate surface area is 111 Å². The second kappa shape index (κ2) is 4.07. The molecule has 0 aliphatic rings. The lowest BCUT2D eigenvalue weighted by Crippen LogP contribution is -1.79. The predicted molar refractivity (Wildman–Crippen MR) is 76.3 cm³/mol. The Morgan fingerprint density at radius 2 is 1.67 bits per heavy atom. The molecule has 3 rings (SSSR count). The Kier molecular flexibility index (Phi) is 2.52. The number of fused-ring (bicyclic) bond motifs is 3. The van der Waals surface area contributed by atoms with Crippen molar-refractivity contribution in [2.45, 2.75) is 0 Å². The van der Waals surface area contributed by atoms with Crippen LogP contribution in [0.1, 0.15) is 0 Å². The number of halogens is 1. The fourth-order valence-electron chi connectivity index (χ4n) is 2.18. The molecule has 3 aromatic rings. The predicted octanol–water partition coefficient (Wildman–Crippen LogP) is 4.86. The molecule has 0 atom stereocenters. The van der Waals surface area contributed by atoms with Crippen molar-refractivity contribution in [3.8, 4) is 5.75 Å². The molecule has 0 bridgehead atoms. The van der Waals surface area contributed by atoms with Crippen molar-refractivity contribution in [3.05, 3.63) is 51.8 Å². The van der Waals surface area contributed by atoms with Crippen LogP contribution >= 0.6 is 15.9 Å². The third kappa shape index (κ3) is 1.57. The maximum atomic E-state index is 10.8. The quantitative estimate of drug-likeness (QED) is 0.515. The Balaban J connectivity index is 2.55. The second-order valence-electron chi connectivity index (χ2n) is 4.05. The average molecular weight is 302 g/mol. The molecule has 0 saturated heterocycles. The largest absolute Gasteiger partial charge is 0.506 e. The average Bonchev–Trinajstić information content (AvgIpc) is 2.38. The number of benzene rings is 3. The highest BCUT2D eigenvalue weighted by molar-refractivity contribution is 9.10. The minimum atomic E-state index is -0.0909. The molecule has 0 unspecified atom stereocenters. The van der Waals surface area contributed by atoms with Crippen LogP contribution in [-0.4, -0.2) is 5.11 Å². The minimum Gasteiger partial charge on any atom is -0.506 e. The Bertz CT molecular complexity index is 783. The van der Waals surface area contributed by atoms with E-state index < -0.39 is 0 Å². The number of nitrogens with zero attached hydrogens (tertiary/aromatic N) is 1. The van der Waals surface area contributed by atoms with Gasteiger partial charge in [0.05, 0.1) is 0 Å². The first-order chi connectivity index (χ1) is 8.70. The summed E-state index contributed by atoms with van der Waals surface area (Å²) in [6, 6.07) is 13.0. The van der Waals surface area contributed by atoms with Gasteiger partial charge in [-0.15, -0.1) is 4.91 Å². The zero-order chi connectivity index (χ0) is 12.7. The zero-order valence-electron chi connectivity index (χ0n) is 9.22. The highest BCUT2D eigenvalue weighted by atomic mass is 79.9. The van der Waals surface area contributed by atoms with E-state index in [0.717, 1.165) is 20.6 Å². The summed E-state index contributed by atoms with van der Waals surface area (Å²) in [6.07, 6.45) is 0. The maximum Gasteiger partial charge on any atom is 0.157 e. The first kappa shape index (κ1) is 11.2. The van der Waals surface area contributed by atoms with Crippen molar-refractivity contribution in [2.24, 2.45) is 5.18 Å². The molecule has 0 heterocycles. The minimum absolute atomic E-state index is 0.0909. The van der Waals surface area contributed by atoms with Gasteiger partial charge in [-0.3, -0.25) is 0 Å². The lowest BCUT2D eigenvalue weighted by atomic mass is 10.0. The van der Waals surface area contributed by atoms with E-state index in [1.807, 2.05) is 30.3 Å². The van der Waals surface area contributed by atoms with Crippen molar-refractivity contribution in [1.82, 2.24) is 0 Å². The van der Waals surface area contributed by atoms with Gasteiger partial charge >= 0.3 is 0 Å². The first-order valence-electron chi connectivity index (χ1n) is 5.38. The second-order valence-corrected chi connectivity index (χ2v) is 4.97. The summed E-state index contributed by atoms with van der Waals surface area (Å²) in [5, 5.41) is 16.2. The topological polar surface area (TPSA) is 49.7 Å². The summed E-state index contributed by atoms with van der Waals surface area (Å²) in [6.45, 7) is 0. The van der Waals surface area contributed by atoms with E-state index in [9.17, 15) is 10.0 Å². The van der Waals surface area contributed by atoms with Crippen LogP contribution in [0.5, 0.6) is 5.75 Å². The lowest BCUT2D eigenvalue weighted by Gasteiger charge is -2.06. The van der Waals surface area contributed by atoms with Gasteiger partial charge in [0.1, 0.15) is 5.75 Å². The maximum absolute atomic E-state index is 10.8. The standard InChI is InChI=1S/C14H8BrNO2/c15-9-3-1-8-2-4-11-10(12(8)7-9)5-6-13(17)14(11)16-18/h1-7,17H. The molecule has 18 heavy (non-hydrogen) atoms. The first-order valence-corrected chi connectivity index (χ1v) is 6.17. The summed E-state index contributed by atoms with van der Waals surface area (Å²) in [4.78, 5) is 10.8. The molecule has 0 saturated carbocycles. The number of hydrogen-bond acceptors (Lipinski definition) is 3. The molecule has 3 nitrogen and oxygen atoms in total. The lowest BCUT2D eigenvalue weighted by molar-refractivity contribution is 0.477. The van der Waals surface area contributed by atoms with E-state index in [-0.39, 0.29) is 11.4 Å². The Morgan fingerprint density at radius 3 is 2.44 bits per heavy atom. The molecule has 4 heteroatoms. The van der Waals surface area contributed by atoms with Crippen molar-refractivity contribution < 1.29 is 5.11 Å². The van der Waals surface area contributed by atoms with E-state index in [4.69, 9.17) is 0 Å². The van der Waals surface area contributed by atoms with Gasteiger partial charge in [0.2, 0.25) is 0 Å². The summed E-state index contributed by atoms with van der Waals surface area (Å²) < 4.78 is 0.969. The highest BCUT2D eigenvalue weighted by Gasteiger charge is 2.09. The molecule has 0 aliphatic heterocycles. The highest BCUT2D eigenvalue weighted by Crippen LogP contribution is 2.38. The van der Waals surface area contributed by atoms with Crippen LogP contribution in [0, 0.1) is 4.91 Å². The molecule has 0 aromatic heterocycles. The third-order valence-corrected chi connectivity index (χ3v) is 3.52. The molecule has 0 spiro atoms. The molecular weight excluding hydrogens is 294 g/mol. The van der Waals surface area contributed by atoms with Crippen molar-refractivity contribution in [2.75, 3.05) is 0 Å². The number of rotatable bonds is 1. The number of phenolic OH excluding ortho intramolecular Hbond substituents is 1. The molecule has 0 amide bonds. The third-order valence-electron chi connectivity index (χ3n) is 3.02. The van der Waals surface area contributed by atoms with E-state index in [1.54, 1.807) is 6.07 Å². The van der Waals surface area contributed by atoms with Crippen molar-refractivity contribution in [3.63, 3.8) is 0 Å². The van der Waals surface area contributed by atoms with Crippen LogP contribution in [-0.2, 0) is 0 Å². The molecule has 3 aromatic carbocycles. The number of hydrogen-bond donors (Lipinski definition) is 1.